The first-order chi connectivity index (χ1) is 14.8. The number of carbonyl (C=O) groups is 1. The highest BCUT2D eigenvalue weighted by Crippen LogP contribution is 2.27. The van der Waals surface area contributed by atoms with Crippen molar-refractivity contribution < 1.29 is 13.2 Å². The Bertz CT molecular complexity index is 1160. The van der Waals surface area contributed by atoms with Gasteiger partial charge in [-0.1, -0.05) is 18.2 Å². The normalized spacial score (nSPS) is 19.6. The molecule has 7 heteroatoms. The number of amides is 1. The van der Waals surface area contributed by atoms with Crippen LogP contribution in [0.2, 0.25) is 0 Å². The predicted molar refractivity (Wildman–Crippen MR) is 125 cm³/mol. The minimum atomic E-state index is -3.27. The summed E-state index contributed by atoms with van der Waals surface area (Å²) in [6.07, 6.45) is 4.78. The van der Waals surface area contributed by atoms with E-state index in [2.05, 4.69) is 32.8 Å². The molecule has 6 nitrogen and oxygen atoms in total. The summed E-state index contributed by atoms with van der Waals surface area (Å²) in [6.45, 7) is 3.34. The first-order valence-corrected chi connectivity index (χ1v) is 12.4. The number of hydrogen-bond acceptors (Lipinski definition) is 3. The maximum atomic E-state index is 12.7. The smallest absolute Gasteiger partial charge is 0.227 e. The molecule has 0 bridgehead atoms. The summed E-state index contributed by atoms with van der Waals surface area (Å²) >= 11 is 0. The van der Waals surface area contributed by atoms with Gasteiger partial charge < -0.3 is 9.88 Å². The SMILES string of the molecule is CC(C)S(=O)(=O)NC1CCC(C(=O)Nc2ccc(-n3ccc4ccccc43)cc2)CC1. The molecule has 0 saturated heterocycles. The average Bonchev–Trinajstić information content (AvgIpc) is 3.18. The summed E-state index contributed by atoms with van der Waals surface area (Å²) < 4.78 is 29.0. The van der Waals surface area contributed by atoms with E-state index in [4.69, 9.17) is 0 Å². The lowest BCUT2D eigenvalue weighted by Crippen LogP contribution is -2.42. The van der Waals surface area contributed by atoms with Gasteiger partial charge >= 0.3 is 0 Å². The van der Waals surface area contributed by atoms with E-state index >= 15 is 0 Å². The van der Waals surface area contributed by atoms with E-state index in [-0.39, 0.29) is 17.9 Å². The molecule has 1 heterocycles. The predicted octanol–water partition coefficient (Wildman–Crippen LogP) is 4.46. The Balaban J connectivity index is 1.34. The van der Waals surface area contributed by atoms with Crippen LogP contribution in [0.1, 0.15) is 39.5 Å². The van der Waals surface area contributed by atoms with Crippen LogP contribution in [0.5, 0.6) is 0 Å². The van der Waals surface area contributed by atoms with Gasteiger partial charge in [-0.05, 0) is 81.3 Å². The highest BCUT2D eigenvalue weighted by Gasteiger charge is 2.29. The largest absolute Gasteiger partial charge is 0.326 e. The number of anilines is 1. The monoisotopic (exact) mass is 439 g/mol. The Morgan fingerprint density at radius 3 is 2.32 bits per heavy atom. The van der Waals surface area contributed by atoms with E-state index in [0.717, 1.165) is 16.9 Å². The van der Waals surface area contributed by atoms with Crippen molar-refractivity contribution in [2.24, 2.45) is 5.92 Å². The van der Waals surface area contributed by atoms with E-state index in [0.29, 0.717) is 25.7 Å². The van der Waals surface area contributed by atoms with E-state index in [1.165, 1.54) is 5.39 Å². The quantitative estimate of drug-likeness (QED) is 0.595. The Hall–Kier alpha value is -2.64. The second kappa shape index (κ2) is 8.85. The number of rotatable bonds is 6. The van der Waals surface area contributed by atoms with Crippen LogP contribution in [0.25, 0.3) is 16.6 Å². The summed E-state index contributed by atoms with van der Waals surface area (Å²) in [5.41, 5.74) is 2.95. The third-order valence-electron chi connectivity index (χ3n) is 6.06. The Morgan fingerprint density at radius 2 is 1.65 bits per heavy atom. The van der Waals surface area contributed by atoms with Crippen molar-refractivity contribution in [3.63, 3.8) is 0 Å². The Kier molecular flexibility index (Phi) is 6.16. The summed E-state index contributed by atoms with van der Waals surface area (Å²) in [5.74, 6) is -0.0859. The van der Waals surface area contributed by atoms with Crippen LogP contribution in [0.3, 0.4) is 0 Å². The maximum absolute atomic E-state index is 12.7. The molecule has 1 amide bonds. The lowest BCUT2D eigenvalue weighted by Gasteiger charge is -2.28. The molecule has 1 saturated carbocycles. The number of hydrogen-bond donors (Lipinski definition) is 2. The first kappa shape index (κ1) is 21.6. The highest BCUT2D eigenvalue weighted by molar-refractivity contribution is 7.90. The fourth-order valence-electron chi connectivity index (χ4n) is 4.10. The molecule has 4 rings (SSSR count). The number of carbonyl (C=O) groups excluding carboxylic acids is 1. The van der Waals surface area contributed by atoms with E-state index < -0.39 is 15.3 Å². The molecule has 1 aliphatic carbocycles. The van der Waals surface area contributed by atoms with Crippen molar-refractivity contribution in [3.8, 4) is 5.69 Å². The van der Waals surface area contributed by atoms with Gasteiger partial charge in [-0.15, -0.1) is 0 Å². The molecule has 1 fully saturated rings. The van der Waals surface area contributed by atoms with Crippen molar-refractivity contribution in [3.05, 3.63) is 60.8 Å². The number of para-hydroxylation sites is 1. The highest BCUT2D eigenvalue weighted by atomic mass is 32.2. The molecule has 0 radical (unpaired) electrons. The number of nitrogens with zero attached hydrogens (tertiary/aromatic N) is 1. The fourth-order valence-corrected chi connectivity index (χ4v) is 5.07. The zero-order chi connectivity index (χ0) is 22.0. The average molecular weight is 440 g/mol. The third kappa shape index (κ3) is 4.83. The van der Waals surface area contributed by atoms with Crippen LogP contribution in [0.4, 0.5) is 5.69 Å². The summed E-state index contributed by atoms with van der Waals surface area (Å²) in [4.78, 5) is 12.7. The number of fused-ring (bicyclic) bond motifs is 1. The van der Waals surface area contributed by atoms with Gasteiger partial charge in [0.2, 0.25) is 15.9 Å². The molecule has 1 aliphatic rings. The van der Waals surface area contributed by atoms with Gasteiger partial charge in [0.1, 0.15) is 0 Å². The fraction of sp³-hybridized carbons (Fsp3) is 0.375. The van der Waals surface area contributed by atoms with Crippen LogP contribution in [-0.2, 0) is 14.8 Å². The molecule has 2 aromatic carbocycles. The Morgan fingerprint density at radius 1 is 0.968 bits per heavy atom. The third-order valence-corrected chi connectivity index (χ3v) is 7.97. The zero-order valence-corrected chi connectivity index (χ0v) is 18.7. The van der Waals surface area contributed by atoms with E-state index in [1.807, 2.05) is 42.6 Å². The second-order valence-corrected chi connectivity index (χ2v) is 10.8. The minimum absolute atomic E-state index is 0.00401. The van der Waals surface area contributed by atoms with Crippen LogP contribution in [-0.4, -0.2) is 30.2 Å². The zero-order valence-electron chi connectivity index (χ0n) is 17.9. The van der Waals surface area contributed by atoms with Crippen molar-refractivity contribution in [2.75, 3.05) is 5.32 Å². The standard InChI is InChI=1S/C24H29N3O3S/c1-17(2)31(29,30)26-21-9-7-19(8-10-21)24(28)25-20-11-13-22(14-12-20)27-16-15-18-5-3-4-6-23(18)27/h3-6,11-17,19,21,26H,7-10H2,1-2H3,(H,25,28). The number of benzene rings is 2. The summed E-state index contributed by atoms with van der Waals surface area (Å²) in [5, 5.41) is 3.76. The van der Waals surface area contributed by atoms with Gasteiger partial charge in [-0.2, -0.15) is 0 Å². The lowest BCUT2D eigenvalue weighted by atomic mass is 9.86. The number of nitrogens with one attached hydrogen (secondary N) is 2. The number of sulfonamides is 1. The van der Waals surface area contributed by atoms with Gasteiger partial charge in [0.15, 0.2) is 0 Å². The van der Waals surface area contributed by atoms with Crippen molar-refractivity contribution in [2.45, 2.75) is 50.8 Å². The molecular weight excluding hydrogens is 410 g/mol. The molecule has 31 heavy (non-hydrogen) atoms. The molecule has 0 aliphatic heterocycles. The van der Waals surface area contributed by atoms with Gasteiger partial charge in [0.05, 0.1) is 10.8 Å². The molecule has 164 valence electrons. The van der Waals surface area contributed by atoms with Crippen LogP contribution in [0.15, 0.2) is 60.8 Å². The summed E-state index contributed by atoms with van der Waals surface area (Å²) in [6, 6.07) is 18.1. The van der Waals surface area contributed by atoms with E-state index in [1.54, 1.807) is 13.8 Å². The molecule has 2 N–H and O–H groups in total. The molecular formula is C24H29N3O3S. The number of aromatic nitrogens is 1. The maximum Gasteiger partial charge on any atom is 0.227 e. The van der Waals surface area contributed by atoms with Crippen molar-refractivity contribution in [1.29, 1.82) is 0 Å². The minimum Gasteiger partial charge on any atom is -0.326 e. The van der Waals surface area contributed by atoms with Gasteiger partial charge in [-0.25, -0.2) is 13.1 Å². The van der Waals surface area contributed by atoms with Crippen molar-refractivity contribution >= 4 is 32.5 Å². The van der Waals surface area contributed by atoms with Gasteiger partial charge in [0, 0.05) is 29.5 Å². The molecule has 0 unspecified atom stereocenters. The van der Waals surface area contributed by atoms with Crippen LogP contribution >= 0.6 is 0 Å². The van der Waals surface area contributed by atoms with E-state index in [9.17, 15) is 13.2 Å². The lowest BCUT2D eigenvalue weighted by molar-refractivity contribution is -0.120. The van der Waals surface area contributed by atoms with Crippen molar-refractivity contribution in [1.82, 2.24) is 9.29 Å². The van der Waals surface area contributed by atoms with Gasteiger partial charge in [0.25, 0.3) is 0 Å². The molecule has 0 spiro atoms. The second-order valence-electron chi connectivity index (χ2n) is 8.54. The topological polar surface area (TPSA) is 80.2 Å². The molecule has 3 aromatic rings. The van der Waals surface area contributed by atoms with Gasteiger partial charge in [-0.3, -0.25) is 4.79 Å². The summed E-state index contributed by atoms with van der Waals surface area (Å²) in [7, 11) is -3.27. The molecule has 1 aromatic heterocycles. The van der Waals surface area contributed by atoms with Crippen LogP contribution < -0.4 is 10.0 Å². The Labute approximate surface area is 183 Å². The molecule has 0 atom stereocenters. The van der Waals surface area contributed by atoms with Crippen LogP contribution in [0, 0.1) is 5.92 Å². The first-order valence-electron chi connectivity index (χ1n) is 10.8.